The van der Waals surface area contributed by atoms with Gasteiger partial charge in [-0.25, -0.2) is 0 Å². The summed E-state index contributed by atoms with van der Waals surface area (Å²) in [6.07, 6.45) is 2.11. The van der Waals surface area contributed by atoms with Crippen molar-refractivity contribution >= 4 is 28.4 Å². The second kappa shape index (κ2) is 5.62. The number of hydrogen-bond donors (Lipinski definition) is 1. The molecule has 110 valence electrons. The van der Waals surface area contributed by atoms with E-state index in [2.05, 4.69) is 4.98 Å². The highest BCUT2D eigenvalue weighted by atomic mass is 35.5. The number of carbonyl (C=O) groups is 1. The second-order valence-electron chi connectivity index (χ2n) is 5.54. The average Bonchev–Trinajstić information content (AvgIpc) is 2.97. The minimum absolute atomic E-state index is 0.0430. The van der Waals surface area contributed by atoms with Crippen LogP contribution < -0.4 is 0 Å². The minimum atomic E-state index is -0.386. The van der Waals surface area contributed by atoms with Gasteiger partial charge in [-0.15, -0.1) is 0 Å². The molecule has 0 aliphatic carbocycles. The van der Waals surface area contributed by atoms with Crippen LogP contribution in [0.1, 0.15) is 23.7 Å². The van der Waals surface area contributed by atoms with Crippen molar-refractivity contribution in [3.05, 3.63) is 41.0 Å². The zero-order valence-corrected chi connectivity index (χ0v) is 12.5. The van der Waals surface area contributed by atoms with Gasteiger partial charge in [0.25, 0.3) is 5.91 Å². The minimum Gasteiger partial charge on any atom is -0.393 e. The van der Waals surface area contributed by atoms with Gasteiger partial charge in [0, 0.05) is 30.6 Å². The Kier molecular flexibility index (Phi) is 3.83. The average molecular weight is 305 g/mol. The molecule has 2 atom stereocenters. The molecule has 1 amide bonds. The molecular weight excluding hydrogens is 288 g/mol. The SMILES string of the molecule is CC(O)C1CCN(C(=O)c2ccc(Cl)c3cccnc23)C1. The van der Waals surface area contributed by atoms with E-state index in [1.165, 1.54) is 0 Å². The quantitative estimate of drug-likeness (QED) is 0.928. The standard InChI is InChI=1S/C16H17ClN2O2/c1-10(20)11-6-8-19(9-11)16(21)13-4-5-14(17)12-3-2-7-18-15(12)13/h2-5,7,10-11,20H,6,8-9H2,1H3. The molecule has 1 aromatic heterocycles. The fourth-order valence-corrected chi connectivity index (χ4v) is 3.06. The Morgan fingerprint density at radius 3 is 3.00 bits per heavy atom. The first-order chi connectivity index (χ1) is 10.1. The Morgan fingerprint density at radius 2 is 2.29 bits per heavy atom. The lowest BCUT2D eigenvalue weighted by Crippen LogP contribution is -2.30. The van der Waals surface area contributed by atoms with Crippen LogP contribution in [-0.4, -0.2) is 40.1 Å². The third-order valence-electron chi connectivity index (χ3n) is 4.14. The van der Waals surface area contributed by atoms with E-state index in [0.29, 0.717) is 29.2 Å². The largest absolute Gasteiger partial charge is 0.393 e. The number of benzene rings is 1. The van der Waals surface area contributed by atoms with Crippen LogP contribution in [0.25, 0.3) is 10.9 Å². The maximum absolute atomic E-state index is 12.7. The van der Waals surface area contributed by atoms with Gasteiger partial charge in [-0.2, -0.15) is 0 Å². The summed E-state index contributed by atoms with van der Waals surface area (Å²) in [5.74, 6) is 0.110. The van der Waals surface area contributed by atoms with E-state index in [9.17, 15) is 9.90 Å². The van der Waals surface area contributed by atoms with Crippen LogP contribution in [0.3, 0.4) is 0 Å². The van der Waals surface area contributed by atoms with Gasteiger partial charge in [0.15, 0.2) is 0 Å². The summed E-state index contributed by atoms with van der Waals surface area (Å²) >= 11 is 6.16. The highest BCUT2D eigenvalue weighted by Gasteiger charge is 2.30. The highest BCUT2D eigenvalue weighted by Crippen LogP contribution is 2.27. The molecule has 0 spiro atoms. The third kappa shape index (κ3) is 2.61. The van der Waals surface area contributed by atoms with Crippen molar-refractivity contribution in [2.75, 3.05) is 13.1 Å². The zero-order chi connectivity index (χ0) is 15.0. The maximum Gasteiger partial charge on any atom is 0.256 e. The number of fused-ring (bicyclic) bond motifs is 1. The van der Waals surface area contributed by atoms with Gasteiger partial charge < -0.3 is 10.0 Å². The van der Waals surface area contributed by atoms with Crippen LogP contribution >= 0.6 is 11.6 Å². The number of likely N-dealkylation sites (tertiary alicyclic amines) is 1. The number of halogens is 1. The topological polar surface area (TPSA) is 53.4 Å². The van der Waals surface area contributed by atoms with Gasteiger partial charge in [0.2, 0.25) is 0 Å². The van der Waals surface area contributed by atoms with Crippen LogP contribution in [0.4, 0.5) is 0 Å². The van der Waals surface area contributed by atoms with E-state index < -0.39 is 0 Å². The van der Waals surface area contributed by atoms with Crippen LogP contribution in [0.5, 0.6) is 0 Å². The summed E-state index contributed by atoms with van der Waals surface area (Å²) in [6, 6.07) is 7.14. The number of nitrogens with zero attached hydrogens (tertiary/aromatic N) is 2. The van der Waals surface area contributed by atoms with Crippen molar-refractivity contribution in [3.63, 3.8) is 0 Å². The van der Waals surface area contributed by atoms with Gasteiger partial charge in [-0.1, -0.05) is 11.6 Å². The molecule has 21 heavy (non-hydrogen) atoms. The predicted molar refractivity (Wildman–Crippen MR) is 82.4 cm³/mol. The molecule has 1 aromatic carbocycles. The Morgan fingerprint density at radius 1 is 1.48 bits per heavy atom. The van der Waals surface area contributed by atoms with E-state index in [1.807, 2.05) is 12.1 Å². The number of rotatable bonds is 2. The lowest BCUT2D eigenvalue weighted by molar-refractivity contribution is 0.0764. The molecule has 0 saturated carbocycles. The fraction of sp³-hybridized carbons (Fsp3) is 0.375. The summed E-state index contributed by atoms with van der Waals surface area (Å²) in [4.78, 5) is 18.8. The lowest BCUT2D eigenvalue weighted by atomic mass is 10.0. The molecule has 2 unspecified atom stereocenters. The van der Waals surface area contributed by atoms with Gasteiger partial charge in [-0.3, -0.25) is 9.78 Å². The monoisotopic (exact) mass is 304 g/mol. The van der Waals surface area contributed by atoms with E-state index in [-0.39, 0.29) is 17.9 Å². The Bertz CT molecular complexity index is 687. The zero-order valence-electron chi connectivity index (χ0n) is 11.8. The molecule has 1 saturated heterocycles. The number of carbonyl (C=O) groups excluding carboxylic acids is 1. The maximum atomic E-state index is 12.7. The first kappa shape index (κ1) is 14.3. The van der Waals surface area contributed by atoms with Crippen LogP contribution in [-0.2, 0) is 0 Å². The van der Waals surface area contributed by atoms with Crippen molar-refractivity contribution in [1.82, 2.24) is 9.88 Å². The van der Waals surface area contributed by atoms with E-state index in [0.717, 1.165) is 11.8 Å². The van der Waals surface area contributed by atoms with Crippen molar-refractivity contribution in [3.8, 4) is 0 Å². The normalized spacial score (nSPS) is 20.0. The molecule has 2 heterocycles. The van der Waals surface area contributed by atoms with Crippen molar-refractivity contribution in [2.45, 2.75) is 19.4 Å². The molecule has 2 aromatic rings. The van der Waals surface area contributed by atoms with Gasteiger partial charge >= 0.3 is 0 Å². The number of aliphatic hydroxyl groups is 1. The molecule has 0 bridgehead atoms. The third-order valence-corrected chi connectivity index (χ3v) is 4.47. The summed E-state index contributed by atoms with van der Waals surface area (Å²) in [5.41, 5.74) is 1.21. The molecule has 3 rings (SSSR count). The van der Waals surface area contributed by atoms with Gasteiger partial charge in [0.1, 0.15) is 0 Å². The Balaban J connectivity index is 1.94. The number of aliphatic hydroxyl groups excluding tert-OH is 1. The molecule has 1 aliphatic heterocycles. The number of amides is 1. The van der Waals surface area contributed by atoms with E-state index in [4.69, 9.17) is 11.6 Å². The predicted octanol–water partition coefficient (Wildman–Crippen LogP) is 2.73. The van der Waals surface area contributed by atoms with Crippen LogP contribution in [0.2, 0.25) is 5.02 Å². The van der Waals surface area contributed by atoms with Gasteiger partial charge in [-0.05, 0) is 37.6 Å². The Hall–Kier alpha value is -1.65. The smallest absolute Gasteiger partial charge is 0.256 e. The van der Waals surface area contributed by atoms with Crippen molar-refractivity contribution in [1.29, 1.82) is 0 Å². The summed E-state index contributed by atoms with van der Waals surface area (Å²) in [5, 5.41) is 11.0. The summed E-state index contributed by atoms with van der Waals surface area (Å²) < 4.78 is 0. The van der Waals surface area contributed by atoms with E-state index >= 15 is 0 Å². The second-order valence-corrected chi connectivity index (χ2v) is 5.94. The highest BCUT2D eigenvalue weighted by molar-refractivity contribution is 6.36. The van der Waals surface area contributed by atoms with Crippen LogP contribution in [0, 0.1) is 5.92 Å². The molecule has 1 aliphatic rings. The number of pyridine rings is 1. The van der Waals surface area contributed by atoms with Crippen LogP contribution in [0.15, 0.2) is 30.5 Å². The fourth-order valence-electron chi connectivity index (χ4n) is 2.85. The summed E-state index contributed by atoms with van der Waals surface area (Å²) in [6.45, 7) is 3.04. The number of hydrogen-bond acceptors (Lipinski definition) is 3. The van der Waals surface area contributed by atoms with Crippen molar-refractivity contribution < 1.29 is 9.90 Å². The first-order valence-electron chi connectivity index (χ1n) is 7.08. The number of aromatic nitrogens is 1. The molecule has 0 radical (unpaired) electrons. The summed E-state index contributed by atoms with van der Waals surface area (Å²) in [7, 11) is 0. The molecule has 1 N–H and O–H groups in total. The molecule has 4 nitrogen and oxygen atoms in total. The Labute approximate surface area is 128 Å². The van der Waals surface area contributed by atoms with E-state index in [1.54, 1.807) is 30.2 Å². The van der Waals surface area contributed by atoms with Crippen molar-refractivity contribution in [2.24, 2.45) is 5.92 Å². The molecular formula is C16H17ClN2O2. The lowest BCUT2D eigenvalue weighted by Gasteiger charge is -2.18. The first-order valence-corrected chi connectivity index (χ1v) is 7.46. The molecule has 1 fully saturated rings. The van der Waals surface area contributed by atoms with Gasteiger partial charge in [0.05, 0.1) is 22.2 Å². The molecule has 5 heteroatoms.